The molecule has 130 valence electrons. The van der Waals surface area contributed by atoms with E-state index < -0.39 is 12.1 Å². The van der Waals surface area contributed by atoms with Gasteiger partial charge in [-0.3, -0.25) is 4.79 Å². The average Bonchev–Trinajstić information content (AvgIpc) is 3.44. The highest BCUT2D eigenvalue weighted by Crippen LogP contribution is 2.27. The highest BCUT2D eigenvalue weighted by molar-refractivity contribution is 6.31. The van der Waals surface area contributed by atoms with Crippen LogP contribution < -0.4 is 10.1 Å². The lowest BCUT2D eigenvalue weighted by Crippen LogP contribution is -2.33. The Morgan fingerprint density at radius 2 is 1.88 bits per heavy atom. The number of nitrogens with one attached hydrogen (secondary N) is 1. The molecule has 2 aromatic carbocycles. The number of esters is 1. The van der Waals surface area contributed by atoms with E-state index in [1.165, 1.54) is 13.2 Å². The molecular formula is C19H18ClNO4. The van der Waals surface area contributed by atoms with E-state index in [-0.39, 0.29) is 17.5 Å². The average molecular weight is 360 g/mol. The van der Waals surface area contributed by atoms with Gasteiger partial charge in [0.15, 0.2) is 0 Å². The zero-order valence-corrected chi connectivity index (χ0v) is 14.5. The van der Waals surface area contributed by atoms with Crippen molar-refractivity contribution in [2.45, 2.75) is 25.0 Å². The molecule has 1 fully saturated rings. The summed E-state index contributed by atoms with van der Waals surface area (Å²) in [5, 5.41) is 3.26. The van der Waals surface area contributed by atoms with Gasteiger partial charge in [0.1, 0.15) is 11.3 Å². The summed E-state index contributed by atoms with van der Waals surface area (Å²) in [6, 6.07) is 13.7. The molecule has 1 aliphatic carbocycles. The zero-order valence-electron chi connectivity index (χ0n) is 13.7. The third kappa shape index (κ3) is 4.31. The van der Waals surface area contributed by atoms with Crippen molar-refractivity contribution in [3.8, 4) is 5.75 Å². The van der Waals surface area contributed by atoms with Crippen LogP contribution in [0.2, 0.25) is 5.02 Å². The maximum Gasteiger partial charge on any atom is 0.343 e. The Morgan fingerprint density at radius 3 is 2.52 bits per heavy atom. The van der Waals surface area contributed by atoms with E-state index in [2.05, 4.69) is 5.32 Å². The first-order valence-corrected chi connectivity index (χ1v) is 8.36. The number of hydrogen-bond donors (Lipinski definition) is 1. The first-order valence-electron chi connectivity index (χ1n) is 7.98. The van der Waals surface area contributed by atoms with Crippen LogP contribution in [-0.2, 0) is 9.53 Å². The lowest BCUT2D eigenvalue weighted by Gasteiger charge is -2.18. The SMILES string of the molecule is COc1ccc(Cl)cc1C(=O)O[C@@H](C(=O)NC1CC1)c1ccccc1. The summed E-state index contributed by atoms with van der Waals surface area (Å²) in [4.78, 5) is 25.2. The number of halogens is 1. The summed E-state index contributed by atoms with van der Waals surface area (Å²) in [6.07, 6.45) is 0.866. The molecule has 0 bridgehead atoms. The highest BCUT2D eigenvalue weighted by atomic mass is 35.5. The standard InChI is InChI=1S/C19H18ClNO4/c1-24-16-10-7-13(20)11-15(16)19(23)25-17(12-5-3-2-4-6-12)18(22)21-14-8-9-14/h2-7,10-11,14,17H,8-9H2,1H3,(H,21,22)/t17-/m1/s1. The van der Waals surface area contributed by atoms with Crippen LogP contribution in [-0.4, -0.2) is 25.0 Å². The van der Waals surface area contributed by atoms with Gasteiger partial charge in [-0.1, -0.05) is 41.9 Å². The van der Waals surface area contributed by atoms with E-state index in [9.17, 15) is 9.59 Å². The van der Waals surface area contributed by atoms with Gasteiger partial charge in [-0.05, 0) is 31.0 Å². The van der Waals surface area contributed by atoms with Gasteiger partial charge >= 0.3 is 5.97 Å². The van der Waals surface area contributed by atoms with Crippen LogP contribution >= 0.6 is 11.6 Å². The van der Waals surface area contributed by atoms with Gasteiger partial charge < -0.3 is 14.8 Å². The molecular weight excluding hydrogens is 342 g/mol. The van der Waals surface area contributed by atoms with Crippen molar-refractivity contribution in [1.82, 2.24) is 5.32 Å². The molecule has 1 atom stereocenters. The van der Waals surface area contributed by atoms with Crippen LogP contribution in [0, 0.1) is 0 Å². The predicted molar refractivity (Wildman–Crippen MR) is 93.8 cm³/mol. The summed E-state index contributed by atoms with van der Waals surface area (Å²) in [6.45, 7) is 0. The van der Waals surface area contributed by atoms with Crippen LogP contribution in [0.1, 0.15) is 34.9 Å². The summed E-state index contributed by atoms with van der Waals surface area (Å²) in [7, 11) is 1.45. The van der Waals surface area contributed by atoms with Crippen LogP contribution in [0.25, 0.3) is 0 Å². The van der Waals surface area contributed by atoms with Crippen LogP contribution in [0.5, 0.6) is 5.75 Å². The van der Waals surface area contributed by atoms with Crippen LogP contribution in [0.4, 0.5) is 0 Å². The Bertz CT molecular complexity index is 774. The van der Waals surface area contributed by atoms with Gasteiger partial charge in [-0.2, -0.15) is 0 Å². The van der Waals surface area contributed by atoms with Crippen molar-refractivity contribution in [3.05, 3.63) is 64.7 Å². The fourth-order valence-electron chi connectivity index (χ4n) is 2.42. The van der Waals surface area contributed by atoms with E-state index in [4.69, 9.17) is 21.1 Å². The monoisotopic (exact) mass is 359 g/mol. The second kappa shape index (κ2) is 7.57. The van der Waals surface area contributed by atoms with Gasteiger partial charge in [0.2, 0.25) is 6.10 Å². The molecule has 2 aromatic rings. The van der Waals surface area contributed by atoms with Gasteiger partial charge in [0.25, 0.3) is 5.91 Å². The third-order valence-electron chi connectivity index (χ3n) is 3.87. The highest BCUT2D eigenvalue weighted by Gasteiger charge is 2.31. The summed E-state index contributed by atoms with van der Waals surface area (Å²) in [5.74, 6) is -0.661. The van der Waals surface area contributed by atoms with E-state index in [1.54, 1.807) is 36.4 Å². The molecule has 0 aliphatic heterocycles. The Morgan fingerprint density at radius 1 is 1.16 bits per heavy atom. The Hall–Kier alpha value is -2.53. The maximum absolute atomic E-state index is 12.6. The molecule has 0 heterocycles. The maximum atomic E-state index is 12.6. The van der Waals surface area contributed by atoms with E-state index in [1.807, 2.05) is 6.07 Å². The minimum Gasteiger partial charge on any atom is -0.496 e. The molecule has 0 spiro atoms. The van der Waals surface area contributed by atoms with Crippen LogP contribution in [0.15, 0.2) is 48.5 Å². The molecule has 0 saturated heterocycles. The van der Waals surface area contributed by atoms with E-state index in [0.29, 0.717) is 16.3 Å². The number of benzene rings is 2. The largest absolute Gasteiger partial charge is 0.496 e. The lowest BCUT2D eigenvalue weighted by molar-refractivity contribution is -0.130. The van der Waals surface area contributed by atoms with Crippen molar-refractivity contribution >= 4 is 23.5 Å². The second-order valence-corrected chi connectivity index (χ2v) is 6.26. The number of hydrogen-bond acceptors (Lipinski definition) is 4. The van der Waals surface area contributed by atoms with Crippen molar-refractivity contribution in [2.75, 3.05) is 7.11 Å². The quantitative estimate of drug-likeness (QED) is 0.801. The number of carbonyl (C=O) groups excluding carboxylic acids is 2. The molecule has 1 N–H and O–H groups in total. The minimum atomic E-state index is -1.03. The molecule has 1 aliphatic rings. The molecule has 0 radical (unpaired) electrons. The molecule has 1 saturated carbocycles. The Kier molecular flexibility index (Phi) is 5.24. The minimum absolute atomic E-state index is 0.165. The molecule has 6 heteroatoms. The third-order valence-corrected chi connectivity index (χ3v) is 4.11. The fourth-order valence-corrected chi connectivity index (χ4v) is 2.59. The van der Waals surface area contributed by atoms with Gasteiger partial charge in [-0.15, -0.1) is 0 Å². The zero-order chi connectivity index (χ0) is 17.8. The number of methoxy groups -OCH3 is 1. The van der Waals surface area contributed by atoms with Crippen molar-refractivity contribution in [2.24, 2.45) is 0 Å². The predicted octanol–water partition coefficient (Wildman–Crippen LogP) is 3.53. The Labute approximate surface area is 150 Å². The van der Waals surface area contributed by atoms with Crippen molar-refractivity contribution in [3.63, 3.8) is 0 Å². The van der Waals surface area contributed by atoms with E-state index >= 15 is 0 Å². The molecule has 1 amide bonds. The smallest absolute Gasteiger partial charge is 0.343 e. The topological polar surface area (TPSA) is 64.6 Å². The second-order valence-electron chi connectivity index (χ2n) is 5.82. The lowest BCUT2D eigenvalue weighted by atomic mass is 10.1. The molecule has 0 aromatic heterocycles. The molecule has 3 rings (SSSR count). The van der Waals surface area contributed by atoms with Crippen LogP contribution in [0.3, 0.4) is 0 Å². The van der Waals surface area contributed by atoms with Crippen molar-refractivity contribution < 1.29 is 19.1 Å². The first-order chi connectivity index (χ1) is 12.1. The van der Waals surface area contributed by atoms with Gasteiger partial charge in [-0.25, -0.2) is 4.79 Å². The Balaban J connectivity index is 1.85. The van der Waals surface area contributed by atoms with Crippen molar-refractivity contribution in [1.29, 1.82) is 0 Å². The summed E-state index contributed by atoms with van der Waals surface area (Å²) >= 11 is 5.97. The molecule has 25 heavy (non-hydrogen) atoms. The summed E-state index contributed by atoms with van der Waals surface area (Å²) < 4.78 is 10.7. The van der Waals surface area contributed by atoms with Gasteiger partial charge in [0.05, 0.1) is 7.11 Å². The number of carbonyl (C=O) groups is 2. The van der Waals surface area contributed by atoms with E-state index in [0.717, 1.165) is 12.8 Å². The molecule has 0 unspecified atom stereocenters. The number of amides is 1. The number of ether oxygens (including phenoxy) is 2. The fraction of sp³-hybridized carbons (Fsp3) is 0.263. The number of rotatable bonds is 6. The first kappa shape index (κ1) is 17.3. The summed E-state index contributed by atoms with van der Waals surface area (Å²) in [5.41, 5.74) is 0.783. The molecule has 5 nitrogen and oxygen atoms in total. The normalized spacial score (nSPS) is 14.5. The van der Waals surface area contributed by atoms with Gasteiger partial charge in [0, 0.05) is 16.6 Å².